The summed E-state index contributed by atoms with van der Waals surface area (Å²) in [7, 11) is 0. The summed E-state index contributed by atoms with van der Waals surface area (Å²) in [6, 6.07) is 10.8. The summed E-state index contributed by atoms with van der Waals surface area (Å²) >= 11 is 3.39. The Morgan fingerprint density at radius 2 is 1.95 bits per heavy atom. The molecule has 0 radical (unpaired) electrons. The molecule has 2 aromatic rings. The van der Waals surface area contributed by atoms with Crippen molar-refractivity contribution in [2.75, 3.05) is 0 Å². The summed E-state index contributed by atoms with van der Waals surface area (Å²) in [4.78, 5) is 4.40. The number of pyridine rings is 1. The summed E-state index contributed by atoms with van der Waals surface area (Å²) in [6.07, 6.45) is 3.53. The van der Waals surface area contributed by atoms with Gasteiger partial charge in [-0.15, -0.1) is 0 Å². The summed E-state index contributed by atoms with van der Waals surface area (Å²) < 4.78 is 0.993. The predicted octanol–water partition coefficient (Wildman–Crippen LogP) is 3.08. The first-order valence-corrected chi connectivity index (χ1v) is 7.50. The Labute approximate surface area is 128 Å². The number of nitrogens with two attached hydrogens (primary N) is 1. The third kappa shape index (κ3) is 4.13. The van der Waals surface area contributed by atoms with E-state index in [2.05, 4.69) is 58.4 Å². The molecule has 20 heavy (non-hydrogen) atoms. The van der Waals surface area contributed by atoms with Crippen molar-refractivity contribution in [1.29, 1.82) is 0 Å². The maximum Gasteiger partial charge on any atom is 0.0420 e. The highest BCUT2D eigenvalue weighted by atomic mass is 79.9. The van der Waals surface area contributed by atoms with Crippen molar-refractivity contribution in [2.45, 2.75) is 32.7 Å². The van der Waals surface area contributed by atoms with Crippen LogP contribution in [0.15, 0.2) is 41.0 Å². The van der Waals surface area contributed by atoms with Crippen LogP contribution in [0.1, 0.15) is 22.4 Å². The number of aromatic nitrogens is 1. The number of aryl methyl sites for hydroxylation is 2. The van der Waals surface area contributed by atoms with Crippen LogP contribution in [-0.4, -0.2) is 11.0 Å². The van der Waals surface area contributed by atoms with Gasteiger partial charge in [-0.25, -0.2) is 0 Å². The normalized spacial score (nSPS) is 12.4. The summed E-state index contributed by atoms with van der Waals surface area (Å²) in [5.41, 5.74) is 7.88. The minimum absolute atomic E-state index is 0.186. The Hall–Kier alpha value is -1.23. The van der Waals surface area contributed by atoms with E-state index in [1.165, 1.54) is 16.7 Å². The van der Waals surface area contributed by atoms with E-state index in [4.69, 9.17) is 5.84 Å². The Balaban J connectivity index is 2.04. The third-order valence-corrected chi connectivity index (χ3v) is 4.00. The largest absolute Gasteiger partial charge is 0.271 e. The quantitative estimate of drug-likeness (QED) is 0.653. The van der Waals surface area contributed by atoms with Crippen molar-refractivity contribution in [2.24, 2.45) is 5.84 Å². The van der Waals surface area contributed by atoms with Gasteiger partial charge in [0.25, 0.3) is 0 Å². The molecule has 0 spiro atoms. The number of rotatable bonds is 5. The smallest absolute Gasteiger partial charge is 0.0420 e. The molecular formula is C16H20BrN3. The van der Waals surface area contributed by atoms with Gasteiger partial charge in [-0.05, 0) is 65.0 Å². The Kier molecular flexibility index (Phi) is 5.29. The first kappa shape index (κ1) is 15.2. The molecule has 3 nitrogen and oxygen atoms in total. The molecule has 3 N–H and O–H groups in total. The molecule has 0 saturated heterocycles. The maximum atomic E-state index is 5.68. The summed E-state index contributed by atoms with van der Waals surface area (Å²) in [6.45, 7) is 4.27. The first-order chi connectivity index (χ1) is 9.58. The lowest BCUT2D eigenvalue weighted by molar-refractivity contribution is 0.517. The summed E-state index contributed by atoms with van der Waals surface area (Å²) in [5, 5.41) is 0. The molecule has 0 aliphatic heterocycles. The van der Waals surface area contributed by atoms with Crippen LogP contribution in [0, 0.1) is 13.8 Å². The monoisotopic (exact) mass is 333 g/mol. The lowest BCUT2D eigenvalue weighted by Gasteiger charge is -2.16. The van der Waals surface area contributed by atoms with E-state index >= 15 is 0 Å². The molecule has 0 aliphatic rings. The molecule has 1 heterocycles. The van der Waals surface area contributed by atoms with Crippen LogP contribution in [0.5, 0.6) is 0 Å². The highest BCUT2D eigenvalue weighted by Gasteiger charge is 2.10. The predicted molar refractivity (Wildman–Crippen MR) is 86.4 cm³/mol. The molecule has 2 rings (SSSR count). The van der Waals surface area contributed by atoms with Crippen molar-refractivity contribution in [3.05, 3.63) is 63.4 Å². The maximum absolute atomic E-state index is 5.68. The second kappa shape index (κ2) is 6.97. The zero-order valence-electron chi connectivity index (χ0n) is 11.9. The van der Waals surface area contributed by atoms with Gasteiger partial charge in [0.2, 0.25) is 0 Å². The number of halogens is 1. The number of hydrazine groups is 1. The average Bonchev–Trinajstić information content (AvgIpc) is 2.44. The van der Waals surface area contributed by atoms with Crippen LogP contribution in [0.3, 0.4) is 0 Å². The average molecular weight is 334 g/mol. The molecule has 0 fully saturated rings. The summed E-state index contributed by atoms with van der Waals surface area (Å²) in [5.74, 6) is 5.68. The number of nitrogens with one attached hydrogen (secondary N) is 1. The standard InChI is InChI=1S/C16H20BrN3/c1-11-3-4-13(7-12(11)2)8-16(20-18)9-15-6-5-14(17)10-19-15/h3-7,10,16,20H,8-9,18H2,1-2H3. The van der Waals surface area contributed by atoms with Crippen LogP contribution < -0.4 is 11.3 Å². The molecule has 0 saturated carbocycles. The molecule has 1 atom stereocenters. The van der Waals surface area contributed by atoms with Gasteiger partial charge in [-0.1, -0.05) is 18.2 Å². The van der Waals surface area contributed by atoms with Crippen molar-refractivity contribution in [1.82, 2.24) is 10.4 Å². The van der Waals surface area contributed by atoms with Crippen LogP contribution in [0.2, 0.25) is 0 Å². The van der Waals surface area contributed by atoms with E-state index in [9.17, 15) is 0 Å². The van der Waals surface area contributed by atoms with Gasteiger partial charge in [0.05, 0.1) is 0 Å². The van der Waals surface area contributed by atoms with Gasteiger partial charge < -0.3 is 0 Å². The zero-order chi connectivity index (χ0) is 14.5. The van der Waals surface area contributed by atoms with Gasteiger partial charge in [0, 0.05) is 28.8 Å². The number of hydrogen-bond acceptors (Lipinski definition) is 3. The van der Waals surface area contributed by atoms with Crippen LogP contribution in [-0.2, 0) is 12.8 Å². The Morgan fingerprint density at radius 1 is 1.15 bits per heavy atom. The van der Waals surface area contributed by atoms with Gasteiger partial charge in [0.1, 0.15) is 0 Å². The Bertz CT molecular complexity index is 566. The van der Waals surface area contributed by atoms with E-state index in [-0.39, 0.29) is 6.04 Å². The van der Waals surface area contributed by atoms with Crippen molar-refractivity contribution in [3.8, 4) is 0 Å². The number of benzene rings is 1. The van der Waals surface area contributed by atoms with Crippen molar-refractivity contribution in [3.63, 3.8) is 0 Å². The van der Waals surface area contributed by atoms with Gasteiger partial charge in [-0.3, -0.25) is 16.3 Å². The van der Waals surface area contributed by atoms with Crippen LogP contribution >= 0.6 is 15.9 Å². The highest BCUT2D eigenvalue weighted by Crippen LogP contribution is 2.14. The van der Waals surface area contributed by atoms with Crippen LogP contribution in [0.25, 0.3) is 0 Å². The number of nitrogens with zero attached hydrogens (tertiary/aromatic N) is 1. The Morgan fingerprint density at radius 3 is 2.55 bits per heavy atom. The fourth-order valence-corrected chi connectivity index (χ4v) is 2.42. The molecule has 0 bridgehead atoms. The molecule has 4 heteroatoms. The fraction of sp³-hybridized carbons (Fsp3) is 0.312. The van der Waals surface area contributed by atoms with E-state index < -0.39 is 0 Å². The first-order valence-electron chi connectivity index (χ1n) is 6.71. The van der Waals surface area contributed by atoms with E-state index in [1.807, 2.05) is 18.3 Å². The van der Waals surface area contributed by atoms with Gasteiger partial charge in [0.15, 0.2) is 0 Å². The van der Waals surface area contributed by atoms with Crippen molar-refractivity contribution < 1.29 is 0 Å². The fourth-order valence-electron chi connectivity index (χ4n) is 2.18. The van der Waals surface area contributed by atoms with Crippen molar-refractivity contribution >= 4 is 15.9 Å². The van der Waals surface area contributed by atoms with E-state index in [0.29, 0.717) is 0 Å². The SMILES string of the molecule is Cc1ccc(CC(Cc2ccc(Br)cn2)NN)cc1C. The molecule has 0 amide bonds. The minimum atomic E-state index is 0.186. The van der Waals surface area contributed by atoms with E-state index in [0.717, 1.165) is 23.0 Å². The van der Waals surface area contributed by atoms with Gasteiger partial charge >= 0.3 is 0 Å². The molecule has 0 aliphatic carbocycles. The zero-order valence-corrected chi connectivity index (χ0v) is 13.4. The molecule has 1 aromatic carbocycles. The second-order valence-electron chi connectivity index (χ2n) is 5.16. The van der Waals surface area contributed by atoms with E-state index in [1.54, 1.807) is 0 Å². The third-order valence-electron chi connectivity index (χ3n) is 3.53. The van der Waals surface area contributed by atoms with Gasteiger partial charge in [-0.2, -0.15) is 0 Å². The second-order valence-corrected chi connectivity index (χ2v) is 6.07. The molecule has 1 aromatic heterocycles. The molecule has 1 unspecified atom stereocenters. The topological polar surface area (TPSA) is 50.9 Å². The lowest BCUT2D eigenvalue weighted by Crippen LogP contribution is -2.38. The molecule has 106 valence electrons. The minimum Gasteiger partial charge on any atom is -0.271 e. The molecular weight excluding hydrogens is 314 g/mol. The lowest BCUT2D eigenvalue weighted by atomic mass is 9.99. The number of hydrogen-bond donors (Lipinski definition) is 2. The van der Waals surface area contributed by atoms with Crippen LogP contribution in [0.4, 0.5) is 0 Å². The highest BCUT2D eigenvalue weighted by molar-refractivity contribution is 9.10.